The van der Waals surface area contributed by atoms with Crippen LogP contribution in [0.2, 0.25) is 0 Å². The number of aromatic nitrogens is 2. The summed E-state index contributed by atoms with van der Waals surface area (Å²) in [6, 6.07) is 11.0. The van der Waals surface area contributed by atoms with Gasteiger partial charge in [-0.05, 0) is 30.2 Å². The Morgan fingerprint density at radius 1 is 1.33 bits per heavy atom. The lowest BCUT2D eigenvalue weighted by atomic mass is 9.96. The lowest BCUT2D eigenvalue weighted by Crippen LogP contribution is -2.37. The van der Waals surface area contributed by atoms with Crippen molar-refractivity contribution in [2.75, 3.05) is 20.3 Å². The van der Waals surface area contributed by atoms with Crippen LogP contribution in [0.4, 0.5) is 0 Å². The van der Waals surface area contributed by atoms with Crippen molar-refractivity contribution in [3.63, 3.8) is 0 Å². The number of ether oxygens (including phenoxy) is 2. The van der Waals surface area contributed by atoms with Gasteiger partial charge in [0.2, 0.25) is 0 Å². The van der Waals surface area contributed by atoms with Gasteiger partial charge in [0.1, 0.15) is 11.2 Å². The number of methoxy groups -OCH3 is 1. The molecule has 0 saturated carbocycles. The summed E-state index contributed by atoms with van der Waals surface area (Å²) in [5, 5.41) is 2.83. The van der Waals surface area contributed by atoms with Crippen LogP contribution in [-0.4, -0.2) is 35.6 Å². The highest BCUT2D eigenvalue weighted by molar-refractivity contribution is 5.93. The Labute approximate surface area is 155 Å². The number of nitrogens with zero attached hydrogens (tertiary/aromatic N) is 2. The Morgan fingerprint density at radius 2 is 2.22 bits per heavy atom. The second-order valence-electron chi connectivity index (χ2n) is 6.45. The predicted molar refractivity (Wildman–Crippen MR) is 99.5 cm³/mol. The van der Waals surface area contributed by atoms with E-state index in [1.165, 1.54) is 10.6 Å². The van der Waals surface area contributed by atoms with Crippen LogP contribution in [0.25, 0.3) is 5.65 Å². The fraction of sp³-hybridized carbons (Fsp3) is 0.250. The number of fused-ring (bicyclic) bond motifs is 2. The number of nitrogens with one attached hydrogen (secondary N) is 1. The van der Waals surface area contributed by atoms with E-state index in [1.54, 1.807) is 31.5 Å². The third-order valence-electron chi connectivity index (χ3n) is 4.66. The van der Waals surface area contributed by atoms with Crippen molar-refractivity contribution in [1.82, 2.24) is 14.7 Å². The lowest BCUT2D eigenvalue weighted by Gasteiger charge is -2.26. The SMILES string of the molecule is COc1cccc2c1OC[C@@H](CNC(=O)c1cnc3ccccn3c1=O)C2. The second-order valence-corrected chi connectivity index (χ2v) is 6.45. The molecule has 1 aliphatic heterocycles. The molecule has 0 spiro atoms. The summed E-state index contributed by atoms with van der Waals surface area (Å²) in [6.07, 6.45) is 3.69. The van der Waals surface area contributed by atoms with Gasteiger partial charge in [-0.2, -0.15) is 0 Å². The van der Waals surface area contributed by atoms with E-state index in [0.717, 1.165) is 17.7 Å². The number of benzene rings is 1. The van der Waals surface area contributed by atoms with Crippen LogP contribution in [0.15, 0.2) is 53.6 Å². The van der Waals surface area contributed by atoms with Gasteiger partial charge in [0.05, 0.1) is 13.7 Å². The molecule has 27 heavy (non-hydrogen) atoms. The maximum absolute atomic E-state index is 12.5. The monoisotopic (exact) mass is 365 g/mol. The first kappa shape index (κ1) is 17.1. The van der Waals surface area contributed by atoms with Crippen LogP contribution in [0.5, 0.6) is 11.5 Å². The van der Waals surface area contributed by atoms with Crippen LogP contribution in [0, 0.1) is 5.92 Å². The summed E-state index contributed by atoms with van der Waals surface area (Å²) >= 11 is 0. The molecule has 1 atom stereocenters. The highest BCUT2D eigenvalue weighted by Gasteiger charge is 2.23. The second kappa shape index (κ2) is 7.11. The first-order valence-electron chi connectivity index (χ1n) is 8.70. The van der Waals surface area contributed by atoms with Crippen molar-refractivity contribution >= 4 is 11.6 Å². The number of pyridine rings is 1. The van der Waals surface area contributed by atoms with Gasteiger partial charge >= 0.3 is 0 Å². The first-order valence-corrected chi connectivity index (χ1v) is 8.70. The van der Waals surface area contributed by atoms with Gasteiger partial charge in [-0.25, -0.2) is 4.98 Å². The Morgan fingerprint density at radius 3 is 3.07 bits per heavy atom. The van der Waals surface area contributed by atoms with Gasteiger partial charge in [-0.3, -0.25) is 14.0 Å². The largest absolute Gasteiger partial charge is 0.493 e. The quantitative estimate of drug-likeness (QED) is 0.761. The highest BCUT2D eigenvalue weighted by atomic mass is 16.5. The zero-order chi connectivity index (χ0) is 18.8. The van der Waals surface area contributed by atoms with E-state index in [4.69, 9.17) is 9.47 Å². The van der Waals surface area contributed by atoms with E-state index in [1.807, 2.05) is 18.2 Å². The maximum atomic E-state index is 12.5. The van der Waals surface area contributed by atoms with Crippen molar-refractivity contribution in [3.05, 3.63) is 70.3 Å². The number of para-hydroxylation sites is 1. The third kappa shape index (κ3) is 3.23. The lowest BCUT2D eigenvalue weighted by molar-refractivity contribution is 0.0936. The summed E-state index contributed by atoms with van der Waals surface area (Å²) in [6.45, 7) is 0.884. The number of carbonyl (C=O) groups excluding carboxylic acids is 1. The van der Waals surface area contributed by atoms with Crippen molar-refractivity contribution in [2.24, 2.45) is 5.92 Å². The molecule has 0 bridgehead atoms. The van der Waals surface area contributed by atoms with Crippen molar-refractivity contribution < 1.29 is 14.3 Å². The minimum Gasteiger partial charge on any atom is -0.493 e. The minimum atomic E-state index is -0.429. The Kier molecular flexibility index (Phi) is 4.50. The molecule has 0 aliphatic carbocycles. The van der Waals surface area contributed by atoms with Gasteiger partial charge in [0.25, 0.3) is 11.5 Å². The summed E-state index contributed by atoms with van der Waals surface area (Å²) in [7, 11) is 1.61. The predicted octanol–water partition coefficient (Wildman–Crippen LogP) is 1.68. The summed E-state index contributed by atoms with van der Waals surface area (Å²) in [4.78, 5) is 29.1. The zero-order valence-corrected chi connectivity index (χ0v) is 14.8. The van der Waals surface area contributed by atoms with Gasteiger partial charge in [-0.15, -0.1) is 0 Å². The van der Waals surface area contributed by atoms with E-state index >= 15 is 0 Å². The van der Waals surface area contributed by atoms with Gasteiger partial charge < -0.3 is 14.8 Å². The average molecular weight is 365 g/mol. The molecule has 2 aromatic heterocycles. The molecule has 138 valence electrons. The van der Waals surface area contributed by atoms with E-state index in [0.29, 0.717) is 24.5 Å². The normalized spacial score (nSPS) is 15.7. The summed E-state index contributed by atoms with van der Waals surface area (Å²) in [5.74, 6) is 1.16. The van der Waals surface area contributed by atoms with Gasteiger partial charge in [-0.1, -0.05) is 18.2 Å². The zero-order valence-electron chi connectivity index (χ0n) is 14.8. The molecular formula is C20H19N3O4. The molecule has 7 nitrogen and oxygen atoms in total. The minimum absolute atomic E-state index is 0.0255. The molecule has 1 amide bonds. The molecule has 1 N–H and O–H groups in total. The molecule has 7 heteroatoms. The van der Waals surface area contributed by atoms with Crippen molar-refractivity contribution in [1.29, 1.82) is 0 Å². The third-order valence-corrected chi connectivity index (χ3v) is 4.66. The molecular weight excluding hydrogens is 346 g/mol. The van der Waals surface area contributed by atoms with Crippen LogP contribution >= 0.6 is 0 Å². The number of hydrogen-bond donors (Lipinski definition) is 1. The highest BCUT2D eigenvalue weighted by Crippen LogP contribution is 2.35. The molecule has 4 rings (SSSR count). The molecule has 3 heterocycles. The van der Waals surface area contributed by atoms with Crippen molar-refractivity contribution in [3.8, 4) is 11.5 Å². The van der Waals surface area contributed by atoms with Crippen LogP contribution < -0.4 is 20.3 Å². The van der Waals surface area contributed by atoms with Crippen LogP contribution in [0.1, 0.15) is 15.9 Å². The van der Waals surface area contributed by atoms with Crippen molar-refractivity contribution in [2.45, 2.75) is 6.42 Å². The molecule has 1 aliphatic rings. The fourth-order valence-corrected chi connectivity index (χ4v) is 3.26. The van der Waals surface area contributed by atoms with Crippen LogP contribution in [0.3, 0.4) is 0 Å². The molecule has 0 saturated heterocycles. The van der Waals surface area contributed by atoms with E-state index in [-0.39, 0.29) is 17.0 Å². The maximum Gasteiger partial charge on any atom is 0.270 e. The molecule has 1 aromatic carbocycles. The smallest absolute Gasteiger partial charge is 0.270 e. The van der Waals surface area contributed by atoms with Crippen LogP contribution in [-0.2, 0) is 6.42 Å². The summed E-state index contributed by atoms with van der Waals surface area (Å²) < 4.78 is 12.5. The Hall–Kier alpha value is -3.35. The van der Waals surface area contributed by atoms with E-state index < -0.39 is 5.91 Å². The number of rotatable bonds is 4. The number of hydrogen-bond acceptors (Lipinski definition) is 5. The van der Waals surface area contributed by atoms with E-state index in [9.17, 15) is 9.59 Å². The molecule has 0 fully saturated rings. The Balaban J connectivity index is 1.46. The number of amides is 1. The average Bonchev–Trinajstić information content (AvgIpc) is 2.71. The van der Waals surface area contributed by atoms with E-state index in [2.05, 4.69) is 10.3 Å². The van der Waals surface area contributed by atoms with Gasteiger partial charge in [0.15, 0.2) is 11.5 Å². The molecule has 0 radical (unpaired) electrons. The fourth-order valence-electron chi connectivity index (χ4n) is 3.26. The Bertz CT molecular complexity index is 1060. The standard InChI is InChI=1S/C20H19N3O4/c1-26-16-6-4-5-14-9-13(12-27-18(14)16)10-22-19(24)15-11-21-17-7-2-3-8-23(17)20(15)25/h2-8,11,13H,9-10,12H2,1H3,(H,22,24)/t13-/m1/s1. The molecule has 0 unspecified atom stereocenters. The number of carbonyl (C=O) groups is 1. The topological polar surface area (TPSA) is 81.9 Å². The molecule has 3 aromatic rings. The first-order chi connectivity index (χ1) is 13.2. The summed E-state index contributed by atoms with van der Waals surface area (Å²) in [5.41, 5.74) is 1.20. The van der Waals surface area contributed by atoms with Gasteiger partial charge in [0, 0.05) is 24.9 Å².